The molecule has 11 heteroatoms. The summed E-state index contributed by atoms with van der Waals surface area (Å²) < 4.78 is 48.9. The van der Waals surface area contributed by atoms with Crippen LogP contribution < -0.4 is 0 Å². The summed E-state index contributed by atoms with van der Waals surface area (Å²) in [5.41, 5.74) is -0.219. The van der Waals surface area contributed by atoms with Gasteiger partial charge in [0.2, 0.25) is 0 Å². The van der Waals surface area contributed by atoms with Crippen molar-refractivity contribution in [2.45, 2.75) is 15.5 Å². The van der Waals surface area contributed by atoms with E-state index in [1.807, 2.05) is 0 Å². The molecule has 2 N–H and O–H groups in total. The van der Waals surface area contributed by atoms with Crippen LogP contribution in [0.1, 0.15) is 5.56 Å². The highest BCUT2D eigenvalue weighted by Gasteiger charge is 2.26. The maximum Gasteiger partial charge on any atom is 0.186 e. The van der Waals surface area contributed by atoms with Crippen molar-refractivity contribution < 1.29 is 27.0 Å². The summed E-state index contributed by atoms with van der Waals surface area (Å²) >= 11 is 14.7. The van der Waals surface area contributed by atoms with Gasteiger partial charge in [-0.25, -0.2) is 16.8 Å². The lowest BCUT2D eigenvalue weighted by atomic mass is 10.2. The molecule has 0 atom stereocenters. The Bertz CT molecular complexity index is 1070. The van der Waals surface area contributed by atoms with Crippen LogP contribution >= 0.6 is 39.1 Å². The first kappa shape index (κ1) is 20.3. The van der Waals surface area contributed by atoms with E-state index in [4.69, 9.17) is 23.2 Å². The molecule has 0 aliphatic rings. The third kappa shape index (κ3) is 4.40. The Morgan fingerprint density at radius 2 is 1.56 bits per heavy atom. The van der Waals surface area contributed by atoms with E-state index in [2.05, 4.69) is 15.9 Å². The Morgan fingerprint density at radius 1 is 0.960 bits per heavy atom. The Labute approximate surface area is 163 Å². The fourth-order valence-corrected chi connectivity index (χ4v) is 5.72. The second-order valence-electron chi connectivity index (χ2n) is 5.18. The number of hydrogen-bond donors (Lipinski definition) is 2. The first-order chi connectivity index (χ1) is 11.3. The van der Waals surface area contributed by atoms with Crippen LogP contribution in [0.4, 0.5) is 0 Å². The van der Waals surface area contributed by atoms with Crippen LogP contribution in [0.5, 0.6) is 11.5 Å². The molecule has 25 heavy (non-hydrogen) atoms. The van der Waals surface area contributed by atoms with Crippen molar-refractivity contribution in [2.24, 2.45) is 0 Å². The van der Waals surface area contributed by atoms with Crippen LogP contribution in [0, 0.1) is 0 Å². The zero-order valence-electron chi connectivity index (χ0n) is 12.5. The molecule has 2 aromatic rings. The minimum absolute atomic E-state index is 0.0556. The molecule has 0 unspecified atom stereocenters. The fraction of sp³-hybridized carbons (Fsp3) is 0.143. The third-order valence-corrected chi connectivity index (χ3v) is 6.94. The molecule has 0 radical (unpaired) electrons. The summed E-state index contributed by atoms with van der Waals surface area (Å²) in [5, 5.41) is 19.8. The van der Waals surface area contributed by atoms with E-state index in [0.29, 0.717) is 4.47 Å². The summed E-state index contributed by atoms with van der Waals surface area (Å²) in [7, 11) is -8.00. The molecular formula is C14H11BrCl2O6S2. The van der Waals surface area contributed by atoms with Crippen LogP contribution in [0.15, 0.2) is 38.5 Å². The lowest BCUT2D eigenvalue weighted by Gasteiger charge is -2.12. The average Bonchev–Trinajstić information content (AvgIpc) is 2.44. The van der Waals surface area contributed by atoms with Crippen molar-refractivity contribution in [2.75, 3.05) is 6.26 Å². The van der Waals surface area contributed by atoms with Crippen LogP contribution in [-0.4, -0.2) is 33.3 Å². The van der Waals surface area contributed by atoms with E-state index >= 15 is 0 Å². The Balaban J connectivity index is 2.62. The molecule has 136 valence electrons. The lowest BCUT2D eigenvalue weighted by molar-refractivity contribution is 0.451. The maximum absolute atomic E-state index is 12.6. The molecule has 6 nitrogen and oxygen atoms in total. The number of rotatable bonds is 4. The first-order valence-corrected chi connectivity index (χ1v) is 11.5. The molecule has 0 spiro atoms. The molecule has 0 saturated carbocycles. The molecule has 2 rings (SSSR count). The molecule has 0 aliphatic heterocycles. The van der Waals surface area contributed by atoms with Gasteiger partial charge in [0.05, 0.1) is 10.8 Å². The topological polar surface area (TPSA) is 109 Å². The molecule has 0 aliphatic carbocycles. The molecule has 0 saturated heterocycles. The van der Waals surface area contributed by atoms with Crippen molar-refractivity contribution in [3.63, 3.8) is 0 Å². The fourth-order valence-electron chi connectivity index (χ4n) is 2.08. The molecular weight excluding hydrogens is 479 g/mol. The number of phenolic OH excluding ortho intramolecular Hbond substituents is 2. The van der Waals surface area contributed by atoms with E-state index in [-0.39, 0.29) is 15.6 Å². The monoisotopic (exact) mass is 488 g/mol. The van der Waals surface area contributed by atoms with E-state index in [1.54, 1.807) is 0 Å². The van der Waals surface area contributed by atoms with Gasteiger partial charge in [0.25, 0.3) is 0 Å². The van der Waals surface area contributed by atoms with E-state index in [9.17, 15) is 27.0 Å². The van der Waals surface area contributed by atoms with Crippen LogP contribution in [0.3, 0.4) is 0 Å². The van der Waals surface area contributed by atoms with Gasteiger partial charge in [-0.3, -0.25) is 0 Å². The summed E-state index contributed by atoms with van der Waals surface area (Å²) in [6.45, 7) is 0. The molecule has 0 fully saturated rings. The largest absolute Gasteiger partial charge is 0.506 e. The van der Waals surface area contributed by atoms with E-state index in [1.165, 1.54) is 6.07 Å². The first-order valence-electron chi connectivity index (χ1n) is 6.45. The number of aromatic hydroxyl groups is 2. The van der Waals surface area contributed by atoms with Gasteiger partial charge >= 0.3 is 0 Å². The predicted octanol–water partition coefficient (Wildman–Crippen LogP) is 3.54. The maximum atomic E-state index is 12.6. The van der Waals surface area contributed by atoms with Crippen molar-refractivity contribution >= 4 is 58.8 Å². The second-order valence-corrected chi connectivity index (χ2v) is 10.9. The molecule has 2 aromatic carbocycles. The quantitative estimate of drug-likeness (QED) is 0.679. The van der Waals surface area contributed by atoms with Crippen molar-refractivity contribution in [3.8, 4) is 11.5 Å². The van der Waals surface area contributed by atoms with E-state index < -0.39 is 46.7 Å². The Hall–Kier alpha value is -1.00. The lowest BCUT2D eigenvalue weighted by Crippen LogP contribution is -2.08. The van der Waals surface area contributed by atoms with E-state index in [0.717, 1.165) is 24.5 Å². The molecule has 0 bridgehead atoms. The van der Waals surface area contributed by atoms with Crippen molar-refractivity contribution in [1.29, 1.82) is 0 Å². The normalized spacial score (nSPS) is 12.3. The van der Waals surface area contributed by atoms with Gasteiger partial charge in [-0.2, -0.15) is 0 Å². The minimum atomic E-state index is -4.17. The highest BCUT2D eigenvalue weighted by atomic mass is 79.9. The summed E-state index contributed by atoms with van der Waals surface area (Å²) in [4.78, 5) is -0.950. The van der Waals surface area contributed by atoms with Crippen molar-refractivity contribution in [3.05, 3.63) is 44.3 Å². The van der Waals surface area contributed by atoms with Crippen LogP contribution in [0.25, 0.3) is 0 Å². The van der Waals surface area contributed by atoms with Gasteiger partial charge in [0, 0.05) is 21.3 Å². The average molecular weight is 490 g/mol. The highest BCUT2D eigenvalue weighted by Crippen LogP contribution is 2.38. The summed E-state index contributed by atoms with van der Waals surface area (Å²) in [6.07, 6.45) is 0.858. The summed E-state index contributed by atoms with van der Waals surface area (Å²) in [5.74, 6) is -2.15. The number of halogens is 3. The standard InChI is InChI=1S/C14H11BrCl2O6S2/c1-24(20,21)11-5-9(16)2-7(13(11)18)6-25(22,23)12-4-8(15)3-10(17)14(12)19/h2-5,18-19H,6H2,1H3. The molecule has 0 aromatic heterocycles. The Kier molecular flexibility index (Phi) is 5.65. The van der Waals surface area contributed by atoms with Gasteiger partial charge < -0.3 is 10.2 Å². The zero-order chi connectivity index (χ0) is 19.2. The van der Waals surface area contributed by atoms with Crippen molar-refractivity contribution in [1.82, 2.24) is 0 Å². The van der Waals surface area contributed by atoms with Gasteiger partial charge in [-0.1, -0.05) is 39.1 Å². The second kappa shape index (κ2) is 6.96. The minimum Gasteiger partial charge on any atom is -0.506 e. The zero-order valence-corrected chi connectivity index (χ0v) is 17.2. The number of phenols is 2. The smallest absolute Gasteiger partial charge is 0.186 e. The number of hydrogen-bond acceptors (Lipinski definition) is 6. The molecule has 0 amide bonds. The van der Waals surface area contributed by atoms with Gasteiger partial charge in [-0.15, -0.1) is 0 Å². The predicted molar refractivity (Wildman–Crippen MR) is 97.9 cm³/mol. The number of sulfone groups is 2. The number of benzene rings is 2. The highest BCUT2D eigenvalue weighted by molar-refractivity contribution is 9.10. The third-order valence-electron chi connectivity index (χ3n) is 3.19. The van der Waals surface area contributed by atoms with Crippen LogP contribution in [-0.2, 0) is 25.4 Å². The van der Waals surface area contributed by atoms with Gasteiger partial charge in [0.1, 0.15) is 15.5 Å². The van der Waals surface area contributed by atoms with Gasteiger partial charge in [0.15, 0.2) is 25.4 Å². The Morgan fingerprint density at radius 3 is 2.12 bits per heavy atom. The van der Waals surface area contributed by atoms with Gasteiger partial charge in [-0.05, 0) is 24.3 Å². The molecule has 0 heterocycles. The summed E-state index contributed by atoms with van der Waals surface area (Å²) in [6, 6.07) is 4.62. The SMILES string of the molecule is CS(=O)(=O)c1cc(Cl)cc(CS(=O)(=O)c2cc(Br)cc(Cl)c2O)c1O. The van der Waals surface area contributed by atoms with Crippen LogP contribution in [0.2, 0.25) is 10.0 Å².